The lowest BCUT2D eigenvalue weighted by Crippen LogP contribution is -2.29. The molecule has 3 atom stereocenters. The second kappa shape index (κ2) is 12.7. The summed E-state index contributed by atoms with van der Waals surface area (Å²) in [6.07, 6.45) is 7.30. The average Bonchev–Trinajstić information content (AvgIpc) is 3.16. The monoisotopic (exact) mass is 419 g/mol. The van der Waals surface area contributed by atoms with Crippen molar-refractivity contribution in [3.8, 4) is 0 Å². The molecular formula is C19H31ClFN3O4. The fraction of sp³-hybridized carbons (Fsp3) is 0.737. The molecule has 1 fully saturated rings. The summed E-state index contributed by atoms with van der Waals surface area (Å²) in [5, 5.41) is 0. The maximum absolute atomic E-state index is 13.6. The van der Waals surface area contributed by atoms with E-state index in [2.05, 4.69) is 30.4 Å². The summed E-state index contributed by atoms with van der Waals surface area (Å²) in [4.78, 5) is 27.6. The second-order valence-corrected chi connectivity index (χ2v) is 6.71. The molecule has 0 spiro atoms. The van der Waals surface area contributed by atoms with E-state index in [4.69, 9.17) is 15.2 Å². The molecule has 1 aromatic rings. The molecule has 2 heterocycles. The Bertz CT molecular complexity index is 671. The molecule has 28 heavy (non-hydrogen) atoms. The van der Waals surface area contributed by atoms with Crippen molar-refractivity contribution in [3.05, 3.63) is 22.5 Å². The van der Waals surface area contributed by atoms with E-state index in [0.717, 1.165) is 42.9 Å². The van der Waals surface area contributed by atoms with Gasteiger partial charge in [0, 0.05) is 6.38 Å². The zero-order valence-electron chi connectivity index (χ0n) is 16.8. The van der Waals surface area contributed by atoms with E-state index in [0.29, 0.717) is 12.8 Å². The van der Waals surface area contributed by atoms with Gasteiger partial charge in [-0.25, -0.2) is 9.18 Å². The minimum atomic E-state index is -0.763. The number of carbonyl (C=O) groups is 1. The molecule has 0 saturated carbocycles. The van der Waals surface area contributed by atoms with Crippen LogP contribution in [0.2, 0.25) is 0 Å². The smallest absolute Gasteiger partial charge is 0.351 e. The highest BCUT2D eigenvalue weighted by atomic mass is 35.5. The molecule has 2 rings (SSSR count). The van der Waals surface area contributed by atoms with Crippen molar-refractivity contribution in [1.29, 1.82) is 0 Å². The van der Waals surface area contributed by atoms with Crippen LogP contribution < -0.4 is 11.4 Å². The molecule has 0 radical (unpaired) electrons. The van der Waals surface area contributed by atoms with Crippen LogP contribution >= 0.6 is 11.6 Å². The van der Waals surface area contributed by atoms with E-state index in [1.165, 1.54) is 6.38 Å². The Morgan fingerprint density at radius 2 is 2.11 bits per heavy atom. The van der Waals surface area contributed by atoms with Crippen molar-refractivity contribution in [1.82, 2.24) is 9.55 Å². The lowest BCUT2D eigenvalue weighted by molar-refractivity contribution is -0.154. The molecule has 9 heteroatoms. The van der Waals surface area contributed by atoms with E-state index in [-0.39, 0.29) is 24.6 Å². The number of halogens is 2. The summed E-state index contributed by atoms with van der Waals surface area (Å²) < 4.78 is 25.8. The second-order valence-electron chi connectivity index (χ2n) is 6.71. The van der Waals surface area contributed by atoms with Gasteiger partial charge < -0.3 is 15.2 Å². The number of nitrogens with two attached hydrogens (primary N) is 1. The predicted octanol–water partition coefficient (Wildman–Crippen LogP) is 3.65. The highest BCUT2D eigenvalue weighted by Crippen LogP contribution is 2.28. The third kappa shape index (κ3) is 7.05. The van der Waals surface area contributed by atoms with E-state index >= 15 is 0 Å². The van der Waals surface area contributed by atoms with Crippen LogP contribution in [0.4, 0.5) is 10.2 Å². The summed E-state index contributed by atoms with van der Waals surface area (Å²) in [5.74, 6) is -1.45. The Kier molecular flexibility index (Phi) is 11.1. The largest absolute Gasteiger partial charge is 0.463 e. The van der Waals surface area contributed by atoms with Gasteiger partial charge in [-0.2, -0.15) is 4.98 Å². The fourth-order valence-electron chi connectivity index (χ4n) is 3.15. The first kappa shape index (κ1) is 24.4. The van der Waals surface area contributed by atoms with Crippen LogP contribution in [0.25, 0.3) is 0 Å². The average molecular weight is 420 g/mol. The van der Waals surface area contributed by atoms with Gasteiger partial charge in [-0.1, -0.05) is 33.1 Å². The number of aromatic nitrogens is 2. The predicted molar refractivity (Wildman–Crippen MR) is 107 cm³/mol. The summed E-state index contributed by atoms with van der Waals surface area (Å²) in [6.45, 7) is 4.29. The number of hydrogen-bond acceptors (Lipinski definition) is 6. The quantitative estimate of drug-likeness (QED) is 0.484. The highest BCUT2D eigenvalue weighted by molar-refractivity contribution is 6.15. The number of alkyl halides is 1. The SMILES string of the molecule is CCCCC(CCC)C(=O)OCC1CCC(n2cc(F)c(N)nc2=O)O1.CCl. The van der Waals surface area contributed by atoms with Crippen molar-refractivity contribution in [2.45, 2.75) is 71.1 Å². The number of esters is 1. The molecule has 3 unspecified atom stereocenters. The first-order valence-electron chi connectivity index (χ1n) is 9.70. The molecule has 2 N–H and O–H groups in total. The molecular weight excluding hydrogens is 389 g/mol. The van der Waals surface area contributed by atoms with E-state index in [1.54, 1.807) is 0 Å². The number of anilines is 1. The Balaban J connectivity index is 0.00000190. The van der Waals surface area contributed by atoms with Gasteiger partial charge in [0.15, 0.2) is 11.6 Å². The van der Waals surface area contributed by atoms with Gasteiger partial charge in [-0.15, -0.1) is 11.6 Å². The van der Waals surface area contributed by atoms with Crippen LogP contribution in [0.1, 0.15) is 65.0 Å². The lowest BCUT2D eigenvalue weighted by atomic mass is 9.97. The number of unbranched alkanes of at least 4 members (excludes halogenated alkanes) is 1. The zero-order valence-corrected chi connectivity index (χ0v) is 17.6. The molecule has 7 nitrogen and oxygen atoms in total. The van der Waals surface area contributed by atoms with Crippen molar-refractivity contribution in [2.75, 3.05) is 18.7 Å². The van der Waals surface area contributed by atoms with Gasteiger partial charge in [0.1, 0.15) is 12.8 Å². The summed E-state index contributed by atoms with van der Waals surface area (Å²) in [7, 11) is 0. The minimum Gasteiger partial charge on any atom is -0.463 e. The van der Waals surface area contributed by atoms with Crippen molar-refractivity contribution in [2.24, 2.45) is 5.92 Å². The Hall–Kier alpha value is -1.67. The van der Waals surface area contributed by atoms with E-state index < -0.39 is 23.6 Å². The molecule has 1 aliphatic rings. The van der Waals surface area contributed by atoms with E-state index in [1.807, 2.05) is 0 Å². The Morgan fingerprint density at radius 1 is 1.39 bits per heavy atom. The molecule has 0 aliphatic carbocycles. The molecule has 0 bridgehead atoms. The van der Waals surface area contributed by atoms with Gasteiger partial charge in [0.05, 0.1) is 18.2 Å². The maximum atomic E-state index is 13.6. The van der Waals surface area contributed by atoms with Gasteiger partial charge in [0.25, 0.3) is 0 Å². The van der Waals surface area contributed by atoms with Crippen LogP contribution in [-0.4, -0.2) is 34.6 Å². The number of nitrogen functional groups attached to an aromatic ring is 1. The first-order chi connectivity index (χ1) is 13.5. The van der Waals surface area contributed by atoms with Gasteiger partial charge in [0.2, 0.25) is 0 Å². The van der Waals surface area contributed by atoms with Gasteiger partial charge >= 0.3 is 11.7 Å². The molecule has 0 amide bonds. The van der Waals surface area contributed by atoms with E-state index in [9.17, 15) is 14.0 Å². The topological polar surface area (TPSA) is 96.4 Å². The standard InChI is InChI=1S/C18H28FN3O4.CH3Cl/c1-3-5-7-12(6-4-2)17(23)25-11-13-8-9-15(26-13)22-10-14(19)16(20)21-18(22)24;1-2/h10,12-13,15H,3-9,11H2,1-2H3,(H2,20,21,24);1H3. The summed E-state index contributed by atoms with van der Waals surface area (Å²) in [6, 6.07) is 0. The first-order valence-corrected chi connectivity index (χ1v) is 10.5. The van der Waals surface area contributed by atoms with Crippen LogP contribution in [0, 0.1) is 11.7 Å². The number of ether oxygens (including phenoxy) is 2. The van der Waals surface area contributed by atoms with Crippen molar-refractivity contribution >= 4 is 23.4 Å². The minimum absolute atomic E-state index is 0.0739. The van der Waals surface area contributed by atoms with Crippen LogP contribution in [0.15, 0.2) is 11.0 Å². The molecule has 1 aliphatic heterocycles. The third-order valence-electron chi connectivity index (χ3n) is 4.62. The molecule has 160 valence electrons. The number of carbonyl (C=O) groups excluding carboxylic acids is 1. The highest BCUT2D eigenvalue weighted by Gasteiger charge is 2.30. The molecule has 1 saturated heterocycles. The van der Waals surface area contributed by atoms with Gasteiger partial charge in [-0.05, 0) is 25.7 Å². The van der Waals surface area contributed by atoms with Crippen LogP contribution in [0.3, 0.4) is 0 Å². The van der Waals surface area contributed by atoms with Crippen molar-refractivity contribution < 1.29 is 18.7 Å². The lowest BCUT2D eigenvalue weighted by Gasteiger charge is -2.18. The summed E-state index contributed by atoms with van der Waals surface area (Å²) >= 11 is 4.64. The molecule has 0 aromatic carbocycles. The van der Waals surface area contributed by atoms with Gasteiger partial charge in [-0.3, -0.25) is 9.36 Å². The Morgan fingerprint density at radius 3 is 2.75 bits per heavy atom. The molecule has 1 aromatic heterocycles. The maximum Gasteiger partial charge on any atom is 0.351 e. The summed E-state index contributed by atoms with van der Waals surface area (Å²) in [5.41, 5.74) is 4.63. The Labute approximate surface area is 170 Å². The zero-order chi connectivity index (χ0) is 21.1. The van der Waals surface area contributed by atoms with Crippen LogP contribution in [0.5, 0.6) is 0 Å². The number of rotatable bonds is 9. The van der Waals surface area contributed by atoms with Crippen molar-refractivity contribution in [3.63, 3.8) is 0 Å². The fourth-order valence-corrected chi connectivity index (χ4v) is 3.15. The number of nitrogens with zero attached hydrogens (tertiary/aromatic N) is 2. The normalized spacial score (nSPS) is 19.6. The van der Waals surface area contributed by atoms with Crippen LogP contribution in [-0.2, 0) is 14.3 Å². The third-order valence-corrected chi connectivity index (χ3v) is 4.62. The number of hydrogen-bond donors (Lipinski definition) is 1.